The maximum Gasteiger partial charge on any atom is 0.341 e. The van der Waals surface area contributed by atoms with Crippen molar-refractivity contribution in [1.29, 1.82) is 0 Å². The molecule has 92 valence electrons. The third-order valence-electron chi connectivity index (χ3n) is 2.37. The average Bonchev–Trinajstić information content (AvgIpc) is 2.32. The van der Waals surface area contributed by atoms with Gasteiger partial charge in [0.1, 0.15) is 11.3 Å². The summed E-state index contributed by atoms with van der Waals surface area (Å²) in [4.78, 5) is 15.1. The van der Waals surface area contributed by atoms with Crippen molar-refractivity contribution >= 4 is 28.6 Å². The lowest BCUT2D eigenvalue weighted by Gasteiger charge is -2.09. The molecule has 0 saturated heterocycles. The lowest BCUT2D eigenvalue weighted by molar-refractivity contribution is 0.0692. The molecule has 1 aromatic carbocycles. The van der Waals surface area contributed by atoms with Crippen molar-refractivity contribution in [3.8, 4) is 11.6 Å². The first-order valence-electron chi connectivity index (χ1n) is 5.20. The number of ether oxygens (including phenoxy) is 1. The standard InChI is InChI=1S/C13H10INO3/c1-8-6-7-15-12(11(8)13(16)17)18-10-4-2-9(14)3-5-10/h2-7H,1H3,(H,16,17). The lowest BCUT2D eigenvalue weighted by Crippen LogP contribution is -2.04. The second-order valence-corrected chi connectivity index (χ2v) is 4.91. The molecule has 0 atom stereocenters. The summed E-state index contributed by atoms with van der Waals surface area (Å²) in [6.45, 7) is 1.71. The van der Waals surface area contributed by atoms with Crippen molar-refractivity contribution in [2.24, 2.45) is 0 Å². The molecule has 1 heterocycles. The molecule has 1 N–H and O–H groups in total. The van der Waals surface area contributed by atoms with Crippen molar-refractivity contribution in [2.45, 2.75) is 6.92 Å². The largest absolute Gasteiger partial charge is 0.477 e. The number of hydrogen-bond donors (Lipinski definition) is 1. The van der Waals surface area contributed by atoms with Crippen molar-refractivity contribution < 1.29 is 14.6 Å². The van der Waals surface area contributed by atoms with Crippen molar-refractivity contribution in [1.82, 2.24) is 4.98 Å². The molecule has 0 saturated carbocycles. The second kappa shape index (κ2) is 5.34. The molecule has 0 bridgehead atoms. The van der Waals surface area contributed by atoms with Crippen LogP contribution in [0.2, 0.25) is 0 Å². The van der Waals surface area contributed by atoms with Gasteiger partial charge < -0.3 is 9.84 Å². The summed E-state index contributed by atoms with van der Waals surface area (Å²) in [7, 11) is 0. The van der Waals surface area contributed by atoms with Gasteiger partial charge in [0.15, 0.2) is 0 Å². The lowest BCUT2D eigenvalue weighted by atomic mass is 10.1. The number of benzene rings is 1. The van der Waals surface area contributed by atoms with E-state index in [1.165, 1.54) is 6.20 Å². The van der Waals surface area contributed by atoms with E-state index in [1.807, 2.05) is 12.1 Å². The number of aromatic nitrogens is 1. The van der Waals surface area contributed by atoms with Gasteiger partial charge in [-0.1, -0.05) is 0 Å². The van der Waals surface area contributed by atoms with E-state index in [0.717, 1.165) is 3.57 Å². The van der Waals surface area contributed by atoms with E-state index in [0.29, 0.717) is 11.3 Å². The van der Waals surface area contributed by atoms with Crippen molar-refractivity contribution in [3.05, 3.63) is 51.2 Å². The first-order chi connectivity index (χ1) is 8.58. The summed E-state index contributed by atoms with van der Waals surface area (Å²) in [5.74, 6) is -0.360. The number of nitrogens with zero attached hydrogens (tertiary/aromatic N) is 1. The van der Waals surface area contributed by atoms with Gasteiger partial charge in [-0.2, -0.15) is 0 Å². The van der Waals surface area contributed by atoms with E-state index in [-0.39, 0.29) is 11.4 Å². The van der Waals surface area contributed by atoms with Gasteiger partial charge in [0.2, 0.25) is 5.88 Å². The zero-order valence-corrected chi connectivity index (χ0v) is 11.7. The molecule has 0 amide bonds. The monoisotopic (exact) mass is 355 g/mol. The Bertz CT molecular complexity index is 581. The van der Waals surface area contributed by atoms with Gasteiger partial charge in [0.25, 0.3) is 0 Å². The summed E-state index contributed by atoms with van der Waals surface area (Å²) >= 11 is 2.18. The Labute approximate surface area is 118 Å². The van der Waals surface area contributed by atoms with Crippen molar-refractivity contribution in [3.63, 3.8) is 0 Å². The minimum absolute atomic E-state index is 0.0936. The Kier molecular flexibility index (Phi) is 3.81. The Balaban J connectivity index is 2.37. The summed E-state index contributed by atoms with van der Waals surface area (Å²) in [5.41, 5.74) is 0.717. The number of carboxylic acids is 1. The van der Waals surface area contributed by atoms with E-state index in [9.17, 15) is 4.79 Å². The molecule has 5 heteroatoms. The normalized spacial score (nSPS) is 10.1. The van der Waals surface area contributed by atoms with Gasteiger partial charge in [-0.25, -0.2) is 9.78 Å². The summed E-state index contributed by atoms with van der Waals surface area (Å²) in [6.07, 6.45) is 1.53. The molecule has 0 aliphatic rings. The van der Waals surface area contributed by atoms with Gasteiger partial charge >= 0.3 is 5.97 Å². The molecule has 4 nitrogen and oxygen atoms in total. The Morgan fingerprint density at radius 3 is 2.56 bits per heavy atom. The molecular weight excluding hydrogens is 345 g/mol. The van der Waals surface area contributed by atoms with E-state index >= 15 is 0 Å². The molecule has 2 aromatic rings. The van der Waals surface area contributed by atoms with Gasteiger partial charge in [-0.15, -0.1) is 0 Å². The Hall–Kier alpha value is -1.63. The van der Waals surface area contributed by atoms with Crippen LogP contribution < -0.4 is 4.74 Å². The Morgan fingerprint density at radius 1 is 1.28 bits per heavy atom. The van der Waals surface area contributed by atoms with Crippen LogP contribution in [0, 0.1) is 10.5 Å². The molecular formula is C13H10INO3. The highest BCUT2D eigenvalue weighted by Crippen LogP contribution is 2.25. The molecule has 18 heavy (non-hydrogen) atoms. The SMILES string of the molecule is Cc1ccnc(Oc2ccc(I)cc2)c1C(=O)O. The van der Waals surface area contributed by atoms with E-state index in [2.05, 4.69) is 27.6 Å². The average molecular weight is 355 g/mol. The summed E-state index contributed by atoms with van der Waals surface area (Å²) < 4.78 is 6.59. The summed E-state index contributed by atoms with van der Waals surface area (Å²) in [6, 6.07) is 8.96. The number of carboxylic acid groups (broad SMARTS) is 1. The Morgan fingerprint density at radius 2 is 1.94 bits per heavy atom. The smallest absolute Gasteiger partial charge is 0.341 e. The van der Waals surface area contributed by atoms with Gasteiger partial charge in [0, 0.05) is 9.77 Å². The van der Waals surface area contributed by atoms with Crippen LogP contribution in [0.25, 0.3) is 0 Å². The zero-order valence-electron chi connectivity index (χ0n) is 9.55. The van der Waals surface area contributed by atoms with E-state index in [1.54, 1.807) is 25.1 Å². The molecule has 1 aromatic heterocycles. The predicted octanol–water partition coefficient (Wildman–Crippen LogP) is 3.49. The van der Waals surface area contributed by atoms with Gasteiger partial charge in [-0.05, 0) is 65.4 Å². The van der Waals surface area contributed by atoms with Crippen LogP contribution in [0.15, 0.2) is 36.5 Å². The highest BCUT2D eigenvalue weighted by Gasteiger charge is 2.16. The van der Waals surface area contributed by atoms with Crippen LogP contribution in [0.4, 0.5) is 0 Å². The quantitative estimate of drug-likeness (QED) is 0.857. The molecule has 2 rings (SSSR count). The van der Waals surface area contributed by atoms with Crippen LogP contribution in [0.1, 0.15) is 15.9 Å². The predicted molar refractivity (Wildman–Crippen MR) is 75.2 cm³/mol. The topological polar surface area (TPSA) is 59.4 Å². The minimum Gasteiger partial charge on any atom is -0.477 e. The molecule has 0 radical (unpaired) electrons. The fourth-order valence-electron chi connectivity index (χ4n) is 1.49. The number of aromatic carboxylic acids is 1. The highest BCUT2D eigenvalue weighted by atomic mass is 127. The van der Waals surface area contributed by atoms with Crippen molar-refractivity contribution in [2.75, 3.05) is 0 Å². The number of pyridine rings is 1. The maximum absolute atomic E-state index is 11.2. The zero-order chi connectivity index (χ0) is 13.1. The number of rotatable bonds is 3. The first-order valence-corrected chi connectivity index (χ1v) is 6.28. The van der Waals surface area contributed by atoms with Gasteiger partial charge in [0.05, 0.1) is 0 Å². The molecule has 0 aliphatic heterocycles. The second-order valence-electron chi connectivity index (χ2n) is 3.67. The number of halogens is 1. The molecule has 0 spiro atoms. The fourth-order valence-corrected chi connectivity index (χ4v) is 1.84. The maximum atomic E-state index is 11.2. The van der Waals surface area contributed by atoms with E-state index < -0.39 is 5.97 Å². The third kappa shape index (κ3) is 2.79. The minimum atomic E-state index is -1.04. The summed E-state index contributed by atoms with van der Waals surface area (Å²) in [5, 5.41) is 9.15. The van der Waals surface area contributed by atoms with Crippen LogP contribution in [-0.4, -0.2) is 16.1 Å². The van der Waals surface area contributed by atoms with Crippen LogP contribution in [0.3, 0.4) is 0 Å². The van der Waals surface area contributed by atoms with Crippen LogP contribution >= 0.6 is 22.6 Å². The van der Waals surface area contributed by atoms with Crippen LogP contribution in [0.5, 0.6) is 11.6 Å². The van der Waals surface area contributed by atoms with Crippen LogP contribution in [-0.2, 0) is 0 Å². The van der Waals surface area contributed by atoms with E-state index in [4.69, 9.17) is 9.84 Å². The molecule has 0 aliphatic carbocycles. The number of carbonyl (C=O) groups is 1. The first kappa shape index (κ1) is 12.8. The number of hydrogen-bond acceptors (Lipinski definition) is 3. The number of aryl methyl sites for hydroxylation is 1. The molecule has 0 fully saturated rings. The highest BCUT2D eigenvalue weighted by molar-refractivity contribution is 14.1. The molecule has 0 unspecified atom stereocenters. The van der Waals surface area contributed by atoms with Gasteiger partial charge in [-0.3, -0.25) is 0 Å². The third-order valence-corrected chi connectivity index (χ3v) is 3.09. The fraction of sp³-hybridized carbons (Fsp3) is 0.0769.